The highest BCUT2D eigenvalue weighted by Crippen LogP contribution is 2.25. The average molecular weight is 437 g/mol. The number of amides is 2. The molecule has 2 aromatic rings. The van der Waals surface area contributed by atoms with Gasteiger partial charge in [-0.3, -0.25) is 14.5 Å². The number of aryl methyl sites for hydroxylation is 1. The third kappa shape index (κ3) is 5.43. The molecule has 3 heterocycles. The number of hydrogen-bond acceptors (Lipinski definition) is 6. The van der Waals surface area contributed by atoms with Gasteiger partial charge in [0, 0.05) is 63.8 Å². The Bertz CT molecular complexity index is 896. The van der Waals surface area contributed by atoms with E-state index in [1.54, 1.807) is 17.3 Å². The lowest BCUT2D eigenvalue weighted by Crippen LogP contribution is -2.47. The van der Waals surface area contributed by atoms with Gasteiger partial charge in [-0.15, -0.1) is 0 Å². The van der Waals surface area contributed by atoms with Crippen molar-refractivity contribution in [1.29, 1.82) is 0 Å². The molecule has 0 spiro atoms. The Kier molecular flexibility index (Phi) is 7.32. The molecular weight excluding hydrogens is 404 g/mol. The van der Waals surface area contributed by atoms with Crippen LogP contribution < -0.4 is 15.1 Å². The average Bonchev–Trinajstić information content (AvgIpc) is 3.24. The van der Waals surface area contributed by atoms with Crippen LogP contribution in [0, 0.1) is 5.92 Å². The van der Waals surface area contributed by atoms with Gasteiger partial charge in [-0.1, -0.05) is 19.1 Å². The van der Waals surface area contributed by atoms with E-state index < -0.39 is 0 Å². The molecule has 4 rings (SSSR count). The molecule has 0 aliphatic carbocycles. The van der Waals surface area contributed by atoms with Crippen LogP contribution >= 0.6 is 0 Å². The van der Waals surface area contributed by atoms with Crippen molar-refractivity contribution in [3.8, 4) is 0 Å². The fourth-order valence-electron chi connectivity index (χ4n) is 4.33. The van der Waals surface area contributed by atoms with Gasteiger partial charge in [-0.25, -0.2) is 9.97 Å². The number of nitrogens with zero attached hydrogens (tertiary/aromatic N) is 5. The largest absolute Gasteiger partial charge is 0.356 e. The van der Waals surface area contributed by atoms with Crippen molar-refractivity contribution in [2.24, 2.45) is 5.92 Å². The summed E-state index contributed by atoms with van der Waals surface area (Å²) >= 11 is 0. The van der Waals surface area contributed by atoms with Gasteiger partial charge < -0.3 is 15.1 Å². The Balaban J connectivity index is 1.15. The number of rotatable bonds is 8. The maximum Gasteiger partial charge on any atom is 0.227 e. The monoisotopic (exact) mass is 436 g/mol. The predicted octanol–water partition coefficient (Wildman–Crippen LogP) is 1.72. The zero-order chi connectivity index (χ0) is 22.3. The summed E-state index contributed by atoms with van der Waals surface area (Å²) in [6.45, 7) is 7.91. The first-order chi connectivity index (χ1) is 15.6. The van der Waals surface area contributed by atoms with Gasteiger partial charge in [0.05, 0.1) is 5.92 Å². The van der Waals surface area contributed by atoms with Crippen LogP contribution in [-0.2, 0) is 16.0 Å². The van der Waals surface area contributed by atoms with Crippen molar-refractivity contribution >= 4 is 23.5 Å². The van der Waals surface area contributed by atoms with Crippen molar-refractivity contribution in [2.75, 3.05) is 55.6 Å². The molecule has 0 saturated carbocycles. The topological polar surface area (TPSA) is 81.7 Å². The molecule has 0 radical (unpaired) electrons. The summed E-state index contributed by atoms with van der Waals surface area (Å²) in [5.41, 5.74) is 2.12. The van der Waals surface area contributed by atoms with Crippen molar-refractivity contribution < 1.29 is 9.59 Å². The number of aromatic nitrogens is 2. The maximum atomic E-state index is 12.6. The van der Waals surface area contributed by atoms with Gasteiger partial charge in [0.2, 0.25) is 17.8 Å². The number of carbonyl (C=O) groups is 2. The third-order valence-electron chi connectivity index (χ3n) is 6.31. The van der Waals surface area contributed by atoms with Crippen LogP contribution in [0.1, 0.15) is 25.3 Å². The molecule has 1 unspecified atom stereocenters. The zero-order valence-corrected chi connectivity index (χ0v) is 18.7. The highest BCUT2D eigenvalue weighted by molar-refractivity contribution is 6.00. The fourth-order valence-corrected chi connectivity index (χ4v) is 4.33. The number of piperazine rings is 1. The van der Waals surface area contributed by atoms with Gasteiger partial charge in [-0.05, 0) is 43.1 Å². The van der Waals surface area contributed by atoms with Crippen molar-refractivity contribution in [3.05, 3.63) is 48.3 Å². The van der Waals surface area contributed by atoms with Crippen LogP contribution in [0.3, 0.4) is 0 Å². The first kappa shape index (κ1) is 22.2. The molecule has 2 amide bonds. The molecule has 8 heteroatoms. The van der Waals surface area contributed by atoms with Crippen molar-refractivity contribution in [2.45, 2.75) is 26.2 Å². The van der Waals surface area contributed by atoms with Crippen LogP contribution in [0.5, 0.6) is 0 Å². The lowest BCUT2D eigenvalue weighted by Gasteiger charge is -2.34. The lowest BCUT2D eigenvalue weighted by molar-refractivity contribution is -0.126. The Morgan fingerprint density at radius 2 is 1.81 bits per heavy atom. The molecule has 1 N–H and O–H groups in total. The summed E-state index contributed by atoms with van der Waals surface area (Å²) in [4.78, 5) is 40.0. The summed E-state index contributed by atoms with van der Waals surface area (Å²) in [7, 11) is 0. The highest BCUT2D eigenvalue weighted by atomic mass is 16.2. The Morgan fingerprint density at radius 3 is 2.50 bits per heavy atom. The second-order valence-corrected chi connectivity index (χ2v) is 8.45. The molecule has 32 heavy (non-hydrogen) atoms. The summed E-state index contributed by atoms with van der Waals surface area (Å²) in [5, 5.41) is 3.03. The van der Waals surface area contributed by atoms with Gasteiger partial charge in [0.1, 0.15) is 0 Å². The summed E-state index contributed by atoms with van der Waals surface area (Å²) in [6.07, 6.45) is 5.70. The Hall–Kier alpha value is -3.00. The molecular formula is C24H32N6O2. The van der Waals surface area contributed by atoms with Crippen LogP contribution in [0.15, 0.2) is 42.7 Å². The number of anilines is 2. The number of hydrogen-bond donors (Lipinski definition) is 1. The third-order valence-corrected chi connectivity index (χ3v) is 6.31. The Labute approximate surface area is 189 Å². The smallest absolute Gasteiger partial charge is 0.227 e. The van der Waals surface area contributed by atoms with Crippen LogP contribution in [0.2, 0.25) is 0 Å². The van der Waals surface area contributed by atoms with E-state index in [0.29, 0.717) is 13.1 Å². The van der Waals surface area contributed by atoms with Gasteiger partial charge in [0.15, 0.2) is 0 Å². The number of benzene rings is 1. The molecule has 2 aliphatic heterocycles. The molecule has 0 bridgehead atoms. The van der Waals surface area contributed by atoms with E-state index in [2.05, 4.69) is 32.0 Å². The molecule has 1 atom stereocenters. The van der Waals surface area contributed by atoms with E-state index in [9.17, 15) is 9.59 Å². The van der Waals surface area contributed by atoms with Gasteiger partial charge >= 0.3 is 0 Å². The van der Waals surface area contributed by atoms with E-state index >= 15 is 0 Å². The van der Waals surface area contributed by atoms with Crippen LogP contribution in [0.4, 0.5) is 11.6 Å². The molecule has 170 valence electrons. The highest BCUT2D eigenvalue weighted by Gasteiger charge is 2.34. The fraction of sp³-hybridized carbons (Fsp3) is 0.500. The van der Waals surface area contributed by atoms with Crippen molar-refractivity contribution in [3.63, 3.8) is 0 Å². The van der Waals surface area contributed by atoms with E-state index in [1.165, 1.54) is 5.56 Å². The predicted molar refractivity (Wildman–Crippen MR) is 125 cm³/mol. The second kappa shape index (κ2) is 10.5. The standard InChI is InChI=1S/C24H32N6O2/c1-2-19-5-7-21(8-6-19)30-18-20(17-22(30)31)23(32)25-11-4-12-28-13-15-29(16-14-28)24-26-9-3-10-27-24/h3,5-10,20H,2,4,11-18H2,1H3,(H,25,32). The van der Waals surface area contributed by atoms with E-state index in [-0.39, 0.29) is 24.2 Å². The summed E-state index contributed by atoms with van der Waals surface area (Å²) < 4.78 is 0. The molecule has 8 nitrogen and oxygen atoms in total. The first-order valence-corrected chi connectivity index (χ1v) is 11.6. The minimum atomic E-state index is -0.275. The maximum absolute atomic E-state index is 12.6. The normalized spacial score (nSPS) is 19.4. The molecule has 1 aromatic carbocycles. The van der Waals surface area contributed by atoms with Crippen molar-refractivity contribution in [1.82, 2.24) is 20.2 Å². The summed E-state index contributed by atoms with van der Waals surface area (Å²) in [5.74, 6) is 0.524. The number of carbonyl (C=O) groups excluding carboxylic acids is 2. The quantitative estimate of drug-likeness (QED) is 0.635. The van der Waals surface area contributed by atoms with E-state index in [1.807, 2.05) is 30.3 Å². The van der Waals surface area contributed by atoms with E-state index in [4.69, 9.17) is 0 Å². The zero-order valence-electron chi connectivity index (χ0n) is 18.7. The molecule has 2 saturated heterocycles. The Morgan fingerprint density at radius 1 is 1.09 bits per heavy atom. The molecule has 2 fully saturated rings. The number of nitrogens with one attached hydrogen (secondary N) is 1. The SMILES string of the molecule is CCc1ccc(N2CC(C(=O)NCCCN3CCN(c4ncccn4)CC3)CC2=O)cc1. The first-order valence-electron chi connectivity index (χ1n) is 11.6. The van der Waals surface area contributed by atoms with E-state index in [0.717, 1.165) is 57.2 Å². The van der Waals surface area contributed by atoms with Gasteiger partial charge in [0.25, 0.3) is 0 Å². The van der Waals surface area contributed by atoms with Gasteiger partial charge in [-0.2, -0.15) is 0 Å². The van der Waals surface area contributed by atoms with Crippen LogP contribution in [-0.4, -0.2) is 72.5 Å². The lowest BCUT2D eigenvalue weighted by atomic mass is 10.1. The minimum Gasteiger partial charge on any atom is -0.356 e. The second-order valence-electron chi connectivity index (χ2n) is 8.45. The van der Waals surface area contributed by atoms with Crippen LogP contribution in [0.25, 0.3) is 0 Å². The summed E-state index contributed by atoms with van der Waals surface area (Å²) in [6, 6.07) is 9.86. The molecule has 1 aromatic heterocycles. The molecule has 2 aliphatic rings. The minimum absolute atomic E-state index is 0.0166.